The summed E-state index contributed by atoms with van der Waals surface area (Å²) in [5, 5.41) is 13.7. The molecule has 136 valence electrons. The molecule has 1 aliphatic rings. The van der Waals surface area contributed by atoms with Gasteiger partial charge in [-0.3, -0.25) is 19.7 Å². The summed E-state index contributed by atoms with van der Waals surface area (Å²) >= 11 is 0. The highest BCUT2D eigenvalue weighted by Gasteiger charge is 2.23. The molecule has 0 bridgehead atoms. The molecule has 1 N–H and O–H groups in total. The van der Waals surface area contributed by atoms with Crippen molar-refractivity contribution in [2.75, 3.05) is 31.6 Å². The summed E-state index contributed by atoms with van der Waals surface area (Å²) in [6.45, 7) is 3.92. The zero-order valence-electron chi connectivity index (χ0n) is 14.5. The van der Waals surface area contributed by atoms with Gasteiger partial charge >= 0.3 is 5.97 Å². The van der Waals surface area contributed by atoms with Crippen LogP contribution in [-0.2, 0) is 9.53 Å². The van der Waals surface area contributed by atoms with Crippen LogP contribution in [0.15, 0.2) is 18.2 Å². The number of hydrogen-bond donors (Lipinski definition) is 1. The van der Waals surface area contributed by atoms with Gasteiger partial charge in [0.2, 0.25) is 0 Å². The number of nitro benzene ring substituents is 1. The second-order valence-corrected chi connectivity index (χ2v) is 6.21. The molecule has 1 aromatic rings. The molecule has 0 unspecified atom stereocenters. The lowest BCUT2D eigenvalue weighted by atomic mass is 9.98. The predicted molar refractivity (Wildman–Crippen MR) is 92.7 cm³/mol. The lowest BCUT2D eigenvalue weighted by molar-refractivity contribution is -0.384. The van der Waals surface area contributed by atoms with Crippen molar-refractivity contribution < 1.29 is 19.2 Å². The van der Waals surface area contributed by atoms with Crippen molar-refractivity contribution >= 4 is 23.3 Å². The van der Waals surface area contributed by atoms with Gasteiger partial charge in [-0.15, -0.1) is 0 Å². The molecule has 1 fully saturated rings. The number of hydrogen-bond acceptors (Lipinski definition) is 6. The van der Waals surface area contributed by atoms with E-state index in [4.69, 9.17) is 0 Å². The first kappa shape index (κ1) is 18.7. The van der Waals surface area contributed by atoms with Crippen LogP contribution in [0.2, 0.25) is 0 Å². The van der Waals surface area contributed by atoms with Crippen LogP contribution < -0.4 is 10.2 Å². The summed E-state index contributed by atoms with van der Waals surface area (Å²) in [5.41, 5.74) is 0.814. The minimum absolute atomic E-state index is 0.0493. The van der Waals surface area contributed by atoms with Gasteiger partial charge < -0.3 is 15.0 Å². The molecule has 1 saturated heterocycles. The van der Waals surface area contributed by atoms with Gasteiger partial charge in [-0.25, -0.2) is 0 Å². The molecule has 0 atom stereocenters. The number of nitrogens with one attached hydrogen (secondary N) is 1. The van der Waals surface area contributed by atoms with E-state index < -0.39 is 16.8 Å². The number of carbonyl (C=O) groups excluding carboxylic acids is 2. The second kappa shape index (κ2) is 8.46. The molecule has 0 radical (unpaired) electrons. The van der Waals surface area contributed by atoms with E-state index in [-0.39, 0.29) is 24.2 Å². The standard InChI is InChI=1S/C17H23N3O5/c1-12-6-9-19(10-7-12)15-4-3-13(20(23)24)11-14(15)17(22)18-8-5-16(21)25-2/h3-4,11-12H,5-10H2,1-2H3,(H,18,22). The van der Waals surface area contributed by atoms with Crippen molar-refractivity contribution in [2.24, 2.45) is 5.92 Å². The van der Waals surface area contributed by atoms with Crippen LogP contribution in [0.5, 0.6) is 0 Å². The summed E-state index contributed by atoms with van der Waals surface area (Å²) in [5.74, 6) is -0.225. The van der Waals surface area contributed by atoms with Crippen molar-refractivity contribution in [3.8, 4) is 0 Å². The molecule has 8 heteroatoms. The number of piperidine rings is 1. The van der Waals surface area contributed by atoms with Gasteiger partial charge in [-0.1, -0.05) is 6.92 Å². The minimum atomic E-state index is -0.521. The van der Waals surface area contributed by atoms with Crippen molar-refractivity contribution in [1.82, 2.24) is 5.32 Å². The van der Waals surface area contributed by atoms with Crippen LogP contribution in [0.25, 0.3) is 0 Å². The quantitative estimate of drug-likeness (QED) is 0.479. The van der Waals surface area contributed by atoms with Crippen molar-refractivity contribution in [2.45, 2.75) is 26.2 Å². The fourth-order valence-electron chi connectivity index (χ4n) is 2.82. The number of rotatable bonds is 6. The highest BCUT2D eigenvalue weighted by molar-refractivity contribution is 6.00. The van der Waals surface area contributed by atoms with Gasteiger partial charge in [0, 0.05) is 31.8 Å². The van der Waals surface area contributed by atoms with E-state index in [1.165, 1.54) is 19.2 Å². The molecule has 8 nitrogen and oxygen atoms in total. The van der Waals surface area contributed by atoms with Crippen molar-refractivity contribution in [3.05, 3.63) is 33.9 Å². The molecule has 0 aliphatic carbocycles. The van der Waals surface area contributed by atoms with E-state index >= 15 is 0 Å². The molecule has 0 saturated carbocycles. The summed E-state index contributed by atoms with van der Waals surface area (Å²) < 4.78 is 4.53. The Bertz CT molecular complexity index is 654. The Hall–Kier alpha value is -2.64. The van der Waals surface area contributed by atoms with Crippen LogP contribution >= 0.6 is 0 Å². The minimum Gasteiger partial charge on any atom is -0.469 e. The Morgan fingerprint density at radius 1 is 1.36 bits per heavy atom. The van der Waals surface area contributed by atoms with Crippen LogP contribution in [0.1, 0.15) is 36.5 Å². The Morgan fingerprint density at radius 2 is 2.04 bits per heavy atom. The zero-order valence-corrected chi connectivity index (χ0v) is 14.5. The Morgan fingerprint density at radius 3 is 2.64 bits per heavy atom. The van der Waals surface area contributed by atoms with Gasteiger partial charge in [0.05, 0.1) is 29.7 Å². The van der Waals surface area contributed by atoms with Gasteiger partial charge in [-0.2, -0.15) is 0 Å². The number of non-ortho nitro benzene ring substituents is 1. The molecule has 1 heterocycles. The van der Waals surface area contributed by atoms with E-state index in [2.05, 4.69) is 21.9 Å². The SMILES string of the molecule is COC(=O)CCNC(=O)c1cc([N+](=O)[O-])ccc1N1CCC(C)CC1. The molecular formula is C17H23N3O5. The fraction of sp³-hybridized carbons (Fsp3) is 0.529. The third-order valence-electron chi connectivity index (χ3n) is 4.40. The third-order valence-corrected chi connectivity index (χ3v) is 4.40. The number of nitrogens with zero attached hydrogens (tertiary/aromatic N) is 2. The number of ether oxygens (including phenoxy) is 1. The summed E-state index contributed by atoms with van der Waals surface area (Å²) in [6.07, 6.45) is 2.08. The maximum absolute atomic E-state index is 12.5. The van der Waals surface area contributed by atoms with Crippen LogP contribution in [0, 0.1) is 16.0 Å². The first-order chi connectivity index (χ1) is 11.9. The van der Waals surface area contributed by atoms with E-state index in [1.807, 2.05) is 0 Å². The normalized spacial score (nSPS) is 14.9. The molecule has 0 aromatic heterocycles. The first-order valence-corrected chi connectivity index (χ1v) is 8.30. The van der Waals surface area contributed by atoms with Gasteiger partial charge in [-0.05, 0) is 24.8 Å². The van der Waals surface area contributed by atoms with E-state index in [0.29, 0.717) is 11.6 Å². The number of anilines is 1. The average molecular weight is 349 g/mol. The third kappa shape index (κ3) is 4.91. The molecule has 1 amide bonds. The summed E-state index contributed by atoms with van der Waals surface area (Å²) in [6, 6.07) is 4.34. The van der Waals surface area contributed by atoms with E-state index in [1.54, 1.807) is 6.07 Å². The Balaban J connectivity index is 2.19. The average Bonchev–Trinajstić information content (AvgIpc) is 2.61. The van der Waals surface area contributed by atoms with E-state index in [9.17, 15) is 19.7 Å². The van der Waals surface area contributed by atoms with Crippen LogP contribution in [0.4, 0.5) is 11.4 Å². The van der Waals surface area contributed by atoms with Crippen molar-refractivity contribution in [3.63, 3.8) is 0 Å². The van der Waals surface area contributed by atoms with Crippen LogP contribution in [-0.4, -0.2) is 43.5 Å². The topological polar surface area (TPSA) is 102 Å². The number of benzene rings is 1. The molecule has 2 rings (SSSR count). The summed E-state index contributed by atoms with van der Waals surface area (Å²) in [7, 11) is 1.28. The largest absolute Gasteiger partial charge is 0.469 e. The lowest BCUT2D eigenvalue weighted by Gasteiger charge is -2.33. The molecular weight excluding hydrogens is 326 g/mol. The maximum Gasteiger partial charge on any atom is 0.307 e. The number of amides is 1. The first-order valence-electron chi connectivity index (χ1n) is 8.30. The zero-order chi connectivity index (χ0) is 18.4. The van der Waals surface area contributed by atoms with Gasteiger partial charge in [0.15, 0.2) is 0 Å². The summed E-state index contributed by atoms with van der Waals surface area (Å²) in [4.78, 5) is 36.3. The molecule has 1 aromatic carbocycles. The van der Waals surface area contributed by atoms with Gasteiger partial charge in [0.1, 0.15) is 0 Å². The van der Waals surface area contributed by atoms with E-state index in [0.717, 1.165) is 25.9 Å². The Kier molecular flexibility index (Phi) is 6.32. The second-order valence-electron chi connectivity index (χ2n) is 6.21. The monoisotopic (exact) mass is 349 g/mol. The number of esters is 1. The smallest absolute Gasteiger partial charge is 0.307 e. The number of nitro groups is 1. The predicted octanol–water partition coefficient (Wildman–Crippen LogP) is 2.12. The molecule has 0 spiro atoms. The molecule has 1 aliphatic heterocycles. The van der Waals surface area contributed by atoms with Crippen LogP contribution in [0.3, 0.4) is 0 Å². The van der Waals surface area contributed by atoms with Gasteiger partial charge in [0.25, 0.3) is 11.6 Å². The van der Waals surface area contributed by atoms with Crippen molar-refractivity contribution in [1.29, 1.82) is 0 Å². The fourth-order valence-corrected chi connectivity index (χ4v) is 2.82. The lowest BCUT2D eigenvalue weighted by Crippen LogP contribution is -2.35. The number of carbonyl (C=O) groups is 2. The molecule has 25 heavy (non-hydrogen) atoms. The highest BCUT2D eigenvalue weighted by Crippen LogP contribution is 2.29. The Labute approximate surface area is 146 Å². The maximum atomic E-state index is 12.5. The highest BCUT2D eigenvalue weighted by atomic mass is 16.6. The number of methoxy groups -OCH3 is 1.